The number of halogens is 1. The first-order chi connectivity index (χ1) is 11.0. The van der Waals surface area contributed by atoms with Crippen molar-refractivity contribution in [1.82, 2.24) is 10.2 Å². The topological polar surface area (TPSA) is 58.6 Å². The van der Waals surface area contributed by atoms with Crippen LogP contribution in [-0.2, 0) is 4.79 Å². The first-order valence-corrected chi connectivity index (χ1v) is 8.24. The van der Waals surface area contributed by atoms with Gasteiger partial charge in [-0.05, 0) is 42.9 Å². The van der Waals surface area contributed by atoms with Gasteiger partial charge in [0.1, 0.15) is 5.75 Å². The minimum Gasteiger partial charge on any atom is -0.495 e. The largest absolute Gasteiger partial charge is 0.495 e. The standard InChI is InChI=1S/C17H21ClN2O3/c1-20(13-5-11-8-16(21)19-9-12(11)6-13)17(22)10-3-4-15(23-2)14(18)7-10/h3-4,7,11-13H,5-6,8-9H2,1-2H3,(H,19,21)/t11-,12+,13-/m0/s1. The quantitative estimate of drug-likeness (QED) is 0.921. The molecule has 2 fully saturated rings. The van der Waals surface area contributed by atoms with E-state index in [0.29, 0.717) is 34.6 Å². The Labute approximate surface area is 140 Å². The third-order valence-electron chi connectivity index (χ3n) is 5.09. The highest BCUT2D eigenvalue weighted by atomic mass is 35.5. The van der Waals surface area contributed by atoms with Crippen LogP contribution in [0.4, 0.5) is 0 Å². The molecule has 0 bridgehead atoms. The predicted octanol–water partition coefficient (Wildman–Crippen LogP) is 2.34. The number of methoxy groups -OCH3 is 1. The van der Waals surface area contributed by atoms with E-state index in [1.54, 1.807) is 30.2 Å². The number of ether oxygens (including phenoxy) is 1. The van der Waals surface area contributed by atoms with Crippen LogP contribution in [0.2, 0.25) is 5.02 Å². The predicted molar refractivity (Wildman–Crippen MR) is 87.7 cm³/mol. The van der Waals surface area contributed by atoms with Gasteiger partial charge in [0.25, 0.3) is 5.91 Å². The summed E-state index contributed by atoms with van der Waals surface area (Å²) in [6, 6.07) is 5.26. The average Bonchev–Trinajstić information content (AvgIpc) is 2.96. The number of hydrogen-bond acceptors (Lipinski definition) is 3. The van der Waals surface area contributed by atoms with E-state index >= 15 is 0 Å². The van der Waals surface area contributed by atoms with Gasteiger partial charge < -0.3 is 15.0 Å². The molecule has 1 saturated carbocycles. The molecule has 5 nitrogen and oxygen atoms in total. The molecule has 1 aromatic rings. The van der Waals surface area contributed by atoms with Crippen molar-refractivity contribution in [3.05, 3.63) is 28.8 Å². The van der Waals surface area contributed by atoms with Gasteiger partial charge in [0.15, 0.2) is 0 Å². The van der Waals surface area contributed by atoms with Gasteiger partial charge in [-0.2, -0.15) is 0 Å². The molecule has 1 saturated heterocycles. The molecule has 2 amide bonds. The Morgan fingerprint density at radius 3 is 2.78 bits per heavy atom. The van der Waals surface area contributed by atoms with E-state index in [0.717, 1.165) is 19.4 Å². The van der Waals surface area contributed by atoms with Gasteiger partial charge in [0.2, 0.25) is 5.91 Å². The number of hydrogen-bond donors (Lipinski definition) is 1. The van der Waals surface area contributed by atoms with Crippen LogP contribution < -0.4 is 10.1 Å². The summed E-state index contributed by atoms with van der Waals surface area (Å²) < 4.78 is 5.12. The summed E-state index contributed by atoms with van der Waals surface area (Å²) >= 11 is 6.11. The molecule has 1 aliphatic heterocycles. The normalized spacial score (nSPS) is 26.4. The minimum atomic E-state index is -0.0440. The summed E-state index contributed by atoms with van der Waals surface area (Å²) in [5.74, 6) is 1.51. The summed E-state index contributed by atoms with van der Waals surface area (Å²) in [5.41, 5.74) is 0.558. The molecule has 1 heterocycles. The molecule has 1 aliphatic carbocycles. The van der Waals surface area contributed by atoms with Crippen LogP contribution in [0.1, 0.15) is 29.6 Å². The van der Waals surface area contributed by atoms with Crippen molar-refractivity contribution in [2.24, 2.45) is 11.8 Å². The molecular weight excluding hydrogens is 316 g/mol. The highest BCUT2D eigenvalue weighted by molar-refractivity contribution is 6.32. The Balaban J connectivity index is 1.70. The van der Waals surface area contributed by atoms with Gasteiger partial charge in [0, 0.05) is 31.6 Å². The Bertz CT molecular complexity index is 634. The number of benzene rings is 1. The van der Waals surface area contributed by atoms with Gasteiger partial charge >= 0.3 is 0 Å². The highest BCUT2D eigenvalue weighted by Crippen LogP contribution is 2.38. The Hall–Kier alpha value is -1.75. The van der Waals surface area contributed by atoms with E-state index in [2.05, 4.69) is 5.32 Å². The maximum absolute atomic E-state index is 12.7. The van der Waals surface area contributed by atoms with Crippen LogP contribution in [0.5, 0.6) is 5.75 Å². The second kappa shape index (κ2) is 6.40. The average molecular weight is 337 g/mol. The fourth-order valence-corrected chi connectivity index (χ4v) is 3.98. The van der Waals surface area contributed by atoms with Crippen molar-refractivity contribution in [3.63, 3.8) is 0 Å². The molecule has 3 atom stereocenters. The number of fused-ring (bicyclic) bond motifs is 1. The molecule has 0 radical (unpaired) electrons. The molecule has 2 aliphatic rings. The van der Waals surface area contributed by atoms with Gasteiger partial charge in [-0.25, -0.2) is 0 Å². The fraction of sp³-hybridized carbons (Fsp3) is 0.529. The van der Waals surface area contributed by atoms with E-state index in [1.807, 2.05) is 7.05 Å². The van der Waals surface area contributed by atoms with Crippen LogP contribution in [0.15, 0.2) is 18.2 Å². The number of piperidine rings is 1. The van der Waals surface area contributed by atoms with Crippen molar-refractivity contribution in [3.8, 4) is 5.75 Å². The first kappa shape index (κ1) is 16.1. The van der Waals surface area contributed by atoms with Crippen LogP contribution in [0.25, 0.3) is 0 Å². The zero-order chi connectivity index (χ0) is 16.6. The molecule has 0 unspecified atom stereocenters. The van der Waals surface area contributed by atoms with Gasteiger partial charge in [-0.15, -0.1) is 0 Å². The van der Waals surface area contributed by atoms with E-state index in [9.17, 15) is 9.59 Å². The van der Waals surface area contributed by atoms with Crippen LogP contribution in [0, 0.1) is 11.8 Å². The number of nitrogens with zero attached hydrogens (tertiary/aromatic N) is 1. The van der Waals surface area contributed by atoms with E-state index < -0.39 is 0 Å². The molecule has 6 heteroatoms. The zero-order valence-electron chi connectivity index (χ0n) is 13.3. The summed E-state index contributed by atoms with van der Waals surface area (Å²) in [6.07, 6.45) is 2.42. The number of carbonyl (C=O) groups is 2. The minimum absolute atomic E-state index is 0.0440. The number of nitrogens with one attached hydrogen (secondary N) is 1. The van der Waals surface area contributed by atoms with Crippen LogP contribution in [-0.4, -0.2) is 43.5 Å². The second-order valence-corrected chi connectivity index (χ2v) is 6.83. The third-order valence-corrected chi connectivity index (χ3v) is 5.39. The van der Waals surface area contributed by atoms with Crippen molar-refractivity contribution in [2.75, 3.05) is 20.7 Å². The summed E-state index contributed by atoms with van der Waals surface area (Å²) in [7, 11) is 3.38. The second-order valence-electron chi connectivity index (χ2n) is 6.42. The Kier molecular flexibility index (Phi) is 4.48. The van der Waals surface area contributed by atoms with Gasteiger partial charge in [-0.3, -0.25) is 9.59 Å². The number of amides is 2. The number of carbonyl (C=O) groups excluding carboxylic acids is 2. The molecule has 23 heavy (non-hydrogen) atoms. The Morgan fingerprint density at radius 2 is 2.09 bits per heavy atom. The summed E-state index contributed by atoms with van der Waals surface area (Å²) in [5, 5.41) is 3.35. The van der Waals surface area contributed by atoms with Crippen LogP contribution >= 0.6 is 11.6 Å². The SMILES string of the molecule is COc1ccc(C(=O)N(C)[C@H]2C[C@H]3CC(=O)NC[C@H]3C2)cc1Cl. The summed E-state index contributed by atoms with van der Waals surface area (Å²) in [4.78, 5) is 26.0. The molecule has 3 rings (SSSR count). The molecule has 124 valence electrons. The molecular formula is C17H21ClN2O3. The lowest BCUT2D eigenvalue weighted by Crippen LogP contribution is -2.38. The fourth-order valence-electron chi connectivity index (χ4n) is 3.72. The van der Waals surface area contributed by atoms with Crippen molar-refractivity contribution in [1.29, 1.82) is 0 Å². The van der Waals surface area contributed by atoms with Crippen LogP contribution in [0.3, 0.4) is 0 Å². The molecule has 0 spiro atoms. The van der Waals surface area contributed by atoms with Crippen molar-refractivity contribution in [2.45, 2.75) is 25.3 Å². The molecule has 1 aromatic carbocycles. The van der Waals surface area contributed by atoms with Crippen molar-refractivity contribution >= 4 is 23.4 Å². The zero-order valence-corrected chi connectivity index (χ0v) is 14.1. The van der Waals surface area contributed by atoms with E-state index in [4.69, 9.17) is 16.3 Å². The molecule has 0 aromatic heterocycles. The summed E-state index contributed by atoms with van der Waals surface area (Å²) in [6.45, 7) is 0.733. The lowest BCUT2D eigenvalue weighted by molar-refractivity contribution is -0.124. The monoisotopic (exact) mass is 336 g/mol. The molecule has 1 N–H and O–H groups in total. The van der Waals surface area contributed by atoms with E-state index in [1.165, 1.54) is 0 Å². The maximum Gasteiger partial charge on any atom is 0.253 e. The smallest absolute Gasteiger partial charge is 0.253 e. The first-order valence-electron chi connectivity index (χ1n) is 7.87. The third kappa shape index (κ3) is 3.15. The lowest BCUT2D eigenvalue weighted by Gasteiger charge is -2.25. The maximum atomic E-state index is 12.7. The van der Waals surface area contributed by atoms with Gasteiger partial charge in [-0.1, -0.05) is 11.6 Å². The van der Waals surface area contributed by atoms with E-state index in [-0.39, 0.29) is 17.9 Å². The number of rotatable bonds is 3. The van der Waals surface area contributed by atoms with Crippen molar-refractivity contribution < 1.29 is 14.3 Å². The Morgan fingerprint density at radius 1 is 1.35 bits per heavy atom. The highest BCUT2D eigenvalue weighted by Gasteiger charge is 2.40. The van der Waals surface area contributed by atoms with Gasteiger partial charge in [0.05, 0.1) is 12.1 Å². The lowest BCUT2D eigenvalue weighted by atomic mass is 9.89.